The van der Waals surface area contributed by atoms with Gasteiger partial charge in [0.05, 0.1) is 0 Å². The third-order valence-corrected chi connectivity index (χ3v) is 5.31. The van der Waals surface area contributed by atoms with Crippen molar-refractivity contribution in [3.63, 3.8) is 0 Å². The molecule has 2 aromatic rings. The number of aromatic nitrogens is 1. The number of hydrogen-bond donors (Lipinski definition) is 0. The van der Waals surface area contributed by atoms with Crippen LogP contribution in [0.2, 0.25) is 0 Å². The lowest BCUT2D eigenvalue weighted by Crippen LogP contribution is -2.49. The topological polar surface area (TPSA) is 56.8 Å². The molecule has 2 aliphatic rings. The zero-order valence-corrected chi connectivity index (χ0v) is 15.4. The van der Waals surface area contributed by atoms with Crippen molar-refractivity contribution in [1.29, 1.82) is 0 Å². The second-order valence-corrected chi connectivity index (χ2v) is 7.04. The molecule has 3 heterocycles. The van der Waals surface area contributed by atoms with Crippen LogP contribution in [0.3, 0.4) is 0 Å². The van der Waals surface area contributed by atoms with Crippen molar-refractivity contribution in [3.05, 3.63) is 59.8 Å². The second-order valence-electron chi connectivity index (χ2n) is 7.04. The number of carbonyl (C=O) groups is 2. The molecule has 6 nitrogen and oxygen atoms in total. The molecule has 0 bridgehead atoms. The number of likely N-dealkylation sites (tertiary alicyclic amines) is 1. The first kappa shape index (κ1) is 17.5. The van der Waals surface area contributed by atoms with Gasteiger partial charge >= 0.3 is 0 Å². The molecule has 2 saturated heterocycles. The lowest BCUT2D eigenvalue weighted by molar-refractivity contribution is 0.0743. The molecule has 1 aromatic carbocycles. The summed E-state index contributed by atoms with van der Waals surface area (Å²) in [6, 6.07) is 13.0. The molecule has 2 aliphatic heterocycles. The van der Waals surface area contributed by atoms with E-state index in [9.17, 15) is 9.59 Å². The summed E-state index contributed by atoms with van der Waals surface area (Å²) in [6.45, 7) is 4.55. The molecule has 0 N–H and O–H groups in total. The lowest BCUT2D eigenvalue weighted by Gasteiger charge is -2.35. The minimum atomic E-state index is 0.0239. The van der Waals surface area contributed by atoms with Gasteiger partial charge in [-0.2, -0.15) is 0 Å². The van der Waals surface area contributed by atoms with Gasteiger partial charge in [-0.1, -0.05) is 6.07 Å². The van der Waals surface area contributed by atoms with Crippen LogP contribution in [-0.2, 0) is 0 Å². The van der Waals surface area contributed by atoms with E-state index in [0.717, 1.165) is 44.8 Å². The first-order chi connectivity index (χ1) is 13.2. The highest BCUT2D eigenvalue weighted by molar-refractivity contribution is 5.98. The maximum absolute atomic E-state index is 12.8. The van der Waals surface area contributed by atoms with Gasteiger partial charge in [-0.15, -0.1) is 0 Å². The Balaban J connectivity index is 1.36. The standard InChI is InChI=1S/C21H24N4O2/c26-20(24-11-3-4-12-24)17-6-8-18(9-7-17)21(27)25-15-13-23(14-16-25)19-5-1-2-10-22-19/h1-2,5-10H,3-4,11-16H2. The van der Waals surface area contributed by atoms with Crippen molar-refractivity contribution >= 4 is 17.6 Å². The smallest absolute Gasteiger partial charge is 0.253 e. The third kappa shape index (κ3) is 3.79. The number of anilines is 1. The van der Waals surface area contributed by atoms with E-state index in [4.69, 9.17) is 0 Å². The maximum Gasteiger partial charge on any atom is 0.253 e. The molecule has 4 rings (SSSR count). The van der Waals surface area contributed by atoms with Crippen LogP contribution in [-0.4, -0.2) is 65.9 Å². The third-order valence-electron chi connectivity index (χ3n) is 5.31. The molecule has 27 heavy (non-hydrogen) atoms. The lowest BCUT2D eigenvalue weighted by atomic mass is 10.1. The summed E-state index contributed by atoms with van der Waals surface area (Å²) in [6.07, 6.45) is 3.94. The van der Waals surface area contributed by atoms with Crippen molar-refractivity contribution in [2.45, 2.75) is 12.8 Å². The fourth-order valence-corrected chi connectivity index (χ4v) is 3.72. The maximum atomic E-state index is 12.8. The Hall–Kier alpha value is -2.89. The van der Waals surface area contributed by atoms with Crippen LogP contribution < -0.4 is 4.90 Å². The fourth-order valence-electron chi connectivity index (χ4n) is 3.72. The molecule has 0 unspecified atom stereocenters. The minimum absolute atomic E-state index is 0.0239. The average Bonchev–Trinajstić information content (AvgIpc) is 3.28. The van der Waals surface area contributed by atoms with Crippen LogP contribution in [0.4, 0.5) is 5.82 Å². The first-order valence-corrected chi connectivity index (χ1v) is 9.57. The Kier molecular flexibility index (Phi) is 5.05. The summed E-state index contributed by atoms with van der Waals surface area (Å²) in [5.41, 5.74) is 1.30. The number of piperazine rings is 1. The second kappa shape index (κ2) is 7.78. The summed E-state index contributed by atoms with van der Waals surface area (Å²) in [5, 5.41) is 0. The van der Waals surface area contributed by atoms with E-state index in [1.165, 1.54) is 0 Å². The monoisotopic (exact) mass is 364 g/mol. The van der Waals surface area contributed by atoms with E-state index in [0.29, 0.717) is 24.2 Å². The summed E-state index contributed by atoms with van der Waals surface area (Å²) in [7, 11) is 0. The highest BCUT2D eigenvalue weighted by Crippen LogP contribution is 2.17. The molecule has 1 aromatic heterocycles. The summed E-state index contributed by atoms with van der Waals surface area (Å²) >= 11 is 0. The van der Waals surface area contributed by atoms with Gasteiger partial charge < -0.3 is 14.7 Å². The molecule has 2 amide bonds. The van der Waals surface area contributed by atoms with E-state index < -0.39 is 0 Å². The zero-order chi connectivity index (χ0) is 18.6. The molecule has 6 heteroatoms. The molecule has 0 radical (unpaired) electrons. The van der Waals surface area contributed by atoms with Crippen molar-refractivity contribution in [3.8, 4) is 0 Å². The molecule has 2 fully saturated rings. The van der Waals surface area contributed by atoms with Gasteiger partial charge in [0.1, 0.15) is 5.82 Å². The van der Waals surface area contributed by atoms with Crippen LogP contribution in [0.25, 0.3) is 0 Å². The Morgan fingerprint density at radius 3 is 1.78 bits per heavy atom. The largest absolute Gasteiger partial charge is 0.353 e. The SMILES string of the molecule is O=C(c1ccc(C(=O)N2CCN(c3ccccn3)CC2)cc1)N1CCCC1. The van der Waals surface area contributed by atoms with E-state index in [1.807, 2.05) is 28.0 Å². The molecule has 0 atom stereocenters. The van der Waals surface area contributed by atoms with Crippen LogP contribution in [0, 0.1) is 0 Å². The average molecular weight is 364 g/mol. The Labute approximate surface area is 159 Å². The van der Waals surface area contributed by atoms with E-state index in [1.54, 1.807) is 30.5 Å². The van der Waals surface area contributed by atoms with Gasteiger partial charge in [-0.3, -0.25) is 9.59 Å². The molecule has 140 valence electrons. The van der Waals surface area contributed by atoms with Gasteiger partial charge in [0.25, 0.3) is 11.8 Å². The highest BCUT2D eigenvalue weighted by Gasteiger charge is 2.24. The number of hydrogen-bond acceptors (Lipinski definition) is 4. The Morgan fingerprint density at radius 2 is 1.26 bits per heavy atom. The van der Waals surface area contributed by atoms with Gasteiger partial charge in [0.15, 0.2) is 0 Å². The summed E-state index contributed by atoms with van der Waals surface area (Å²) in [5.74, 6) is 1.04. The molecular weight excluding hydrogens is 340 g/mol. The van der Waals surface area contributed by atoms with Crippen molar-refractivity contribution in [1.82, 2.24) is 14.8 Å². The molecule has 0 spiro atoms. The fraction of sp³-hybridized carbons (Fsp3) is 0.381. The number of rotatable bonds is 3. The van der Waals surface area contributed by atoms with E-state index in [-0.39, 0.29) is 11.8 Å². The molecular formula is C21H24N4O2. The van der Waals surface area contributed by atoms with Crippen molar-refractivity contribution < 1.29 is 9.59 Å². The van der Waals surface area contributed by atoms with E-state index >= 15 is 0 Å². The summed E-state index contributed by atoms with van der Waals surface area (Å²) in [4.78, 5) is 35.5. The predicted molar refractivity (Wildman–Crippen MR) is 104 cm³/mol. The minimum Gasteiger partial charge on any atom is -0.353 e. The van der Waals surface area contributed by atoms with Crippen molar-refractivity contribution in [2.75, 3.05) is 44.2 Å². The van der Waals surface area contributed by atoms with E-state index in [2.05, 4.69) is 9.88 Å². The van der Waals surface area contributed by atoms with Crippen LogP contribution in [0.5, 0.6) is 0 Å². The summed E-state index contributed by atoms with van der Waals surface area (Å²) < 4.78 is 0. The van der Waals surface area contributed by atoms with Crippen LogP contribution >= 0.6 is 0 Å². The normalized spacial score (nSPS) is 17.3. The predicted octanol–water partition coefficient (Wildman–Crippen LogP) is 2.28. The van der Waals surface area contributed by atoms with Gasteiger partial charge in [0, 0.05) is 56.6 Å². The van der Waals surface area contributed by atoms with Crippen molar-refractivity contribution in [2.24, 2.45) is 0 Å². The number of amides is 2. The molecule has 0 aliphatic carbocycles. The van der Waals surface area contributed by atoms with Gasteiger partial charge in [-0.25, -0.2) is 4.98 Å². The Morgan fingerprint density at radius 1 is 0.704 bits per heavy atom. The highest BCUT2D eigenvalue weighted by atomic mass is 16.2. The quantitative estimate of drug-likeness (QED) is 0.838. The Bertz CT molecular complexity index is 793. The van der Waals surface area contributed by atoms with Gasteiger partial charge in [0.2, 0.25) is 0 Å². The van der Waals surface area contributed by atoms with Crippen LogP contribution in [0.15, 0.2) is 48.7 Å². The molecule has 0 saturated carbocycles. The first-order valence-electron chi connectivity index (χ1n) is 9.57. The number of nitrogens with zero attached hydrogens (tertiary/aromatic N) is 4. The number of benzene rings is 1. The number of carbonyl (C=O) groups excluding carboxylic acids is 2. The number of pyridine rings is 1. The van der Waals surface area contributed by atoms with Gasteiger partial charge in [-0.05, 0) is 49.2 Å². The zero-order valence-electron chi connectivity index (χ0n) is 15.4. The van der Waals surface area contributed by atoms with Crippen LogP contribution in [0.1, 0.15) is 33.6 Å².